The zero-order chi connectivity index (χ0) is 21.9. The van der Waals surface area contributed by atoms with Gasteiger partial charge in [0.25, 0.3) is 0 Å². The molecule has 0 spiro atoms. The van der Waals surface area contributed by atoms with Crippen LogP contribution < -0.4 is 4.74 Å². The van der Waals surface area contributed by atoms with Crippen molar-refractivity contribution in [1.82, 2.24) is 9.88 Å². The average Bonchev–Trinajstić information content (AvgIpc) is 3.48. The number of oxazole rings is 1. The molecular formula is C28H28N2O2. The molecule has 0 fully saturated rings. The Kier molecular flexibility index (Phi) is 5.78. The number of benzene rings is 3. The van der Waals surface area contributed by atoms with Crippen molar-refractivity contribution in [3.05, 3.63) is 95.9 Å². The SMILES string of the molecule is CCN(Cc1nc(-c2ccccc2)c(-c2ccccc2)o1)C1CCc2c(OC)cccc21. The molecule has 1 aromatic heterocycles. The molecular weight excluding hydrogens is 396 g/mol. The molecule has 3 aromatic carbocycles. The van der Waals surface area contributed by atoms with Crippen LogP contribution in [0, 0.1) is 0 Å². The molecule has 1 atom stereocenters. The molecule has 5 rings (SSSR count). The summed E-state index contributed by atoms with van der Waals surface area (Å²) in [6.07, 6.45) is 2.12. The lowest BCUT2D eigenvalue weighted by molar-refractivity contribution is 0.180. The first-order chi connectivity index (χ1) is 15.8. The van der Waals surface area contributed by atoms with Crippen LogP contribution in [0.15, 0.2) is 83.3 Å². The summed E-state index contributed by atoms with van der Waals surface area (Å²) in [5.74, 6) is 2.58. The molecule has 0 N–H and O–H groups in total. The van der Waals surface area contributed by atoms with Gasteiger partial charge in [-0.2, -0.15) is 0 Å². The topological polar surface area (TPSA) is 38.5 Å². The van der Waals surface area contributed by atoms with Gasteiger partial charge in [0.05, 0.1) is 13.7 Å². The molecule has 4 nitrogen and oxygen atoms in total. The first-order valence-corrected chi connectivity index (χ1v) is 11.3. The minimum Gasteiger partial charge on any atom is -0.496 e. The molecule has 0 amide bonds. The third-order valence-electron chi connectivity index (χ3n) is 6.36. The Hall–Kier alpha value is -3.37. The fourth-order valence-electron chi connectivity index (χ4n) is 4.79. The summed E-state index contributed by atoms with van der Waals surface area (Å²) < 4.78 is 12.0. The zero-order valence-corrected chi connectivity index (χ0v) is 18.6. The smallest absolute Gasteiger partial charge is 0.209 e. The number of ether oxygens (including phenoxy) is 1. The summed E-state index contributed by atoms with van der Waals surface area (Å²) in [7, 11) is 1.75. The number of nitrogens with zero attached hydrogens (tertiary/aromatic N) is 2. The van der Waals surface area contributed by atoms with Crippen LogP contribution in [0.3, 0.4) is 0 Å². The van der Waals surface area contributed by atoms with Gasteiger partial charge in [-0.05, 0) is 36.6 Å². The molecule has 4 heteroatoms. The molecule has 0 saturated carbocycles. The van der Waals surface area contributed by atoms with Crippen LogP contribution in [-0.4, -0.2) is 23.5 Å². The van der Waals surface area contributed by atoms with E-state index in [0.29, 0.717) is 12.6 Å². The van der Waals surface area contributed by atoms with E-state index in [1.165, 1.54) is 11.1 Å². The first-order valence-electron chi connectivity index (χ1n) is 11.3. The van der Waals surface area contributed by atoms with E-state index in [1.807, 2.05) is 36.4 Å². The predicted octanol–water partition coefficient (Wildman–Crippen LogP) is 6.53. The van der Waals surface area contributed by atoms with Gasteiger partial charge in [-0.3, -0.25) is 4.90 Å². The number of hydrogen-bond acceptors (Lipinski definition) is 4. The van der Waals surface area contributed by atoms with Crippen molar-refractivity contribution in [3.8, 4) is 28.3 Å². The van der Waals surface area contributed by atoms with E-state index in [9.17, 15) is 0 Å². The van der Waals surface area contributed by atoms with Gasteiger partial charge in [0.15, 0.2) is 5.76 Å². The van der Waals surface area contributed by atoms with Crippen molar-refractivity contribution in [1.29, 1.82) is 0 Å². The maximum atomic E-state index is 6.40. The highest BCUT2D eigenvalue weighted by Crippen LogP contribution is 2.41. The first kappa shape index (κ1) is 20.5. The van der Waals surface area contributed by atoms with Crippen LogP contribution in [0.25, 0.3) is 22.6 Å². The molecule has 1 unspecified atom stereocenters. The molecule has 0 radical (unpaired) electrons. The quantitative estimate of drug-likeness (QED) is 0.338. The molecule has 0 saturated heterocycles. The van der Waals surface area contributed by atoms with E-state index in [4.69, 9.17) is 14.1 Å². The standard InChI is InChI=1S/C28H28N2O2/c1-3-30(24-18-17-23-22(24)15-10-16-25(23)31-2)19-26-29-27(20-11-6-4-7-12-20)28(32-26)21-13-8-5-9-14-21/h4-16,24H,3,17-19H2,1-2H3. The van der Waals surface area contributed by atoms with E-state index < -0.39 is 0 Å². The maximum Gasteiger partial charge on any atom is 0.209 e. The van der Waals surface area contributed by atoms with Gasteiger partial charge in [0, 0.05) is 17.2 Å². The Balaban J connectivity index is 1.49. The largest absolute Gasteiger partial charge is 0.496 e. The molecule has 0 aliphatic heterocycles. The van der Waals surface area contributed by atoms with Crippen LogP contribution in [0.1, 0.15) is 36.4 Å². The molecule has 32 heavy (non-hydrogen) atoms. The fourth-order valence-corrected chi connectivity index (χ4v) is 4.79. The number of fused-ring (bicyclic) bond motifs is 1. The lowest BCUT2D eigenvalue weighted by atomic mass is 10.1. The summed E-state index contributed by atoms with van der Waals surface area (Å²) in [5, 5.41) is 0. The summed E-state index contributed by atoms with van der Waals surface area (Å²) in [6.45, 7) is 3.80. The molecule has 1 aliphatic carbocycles. The van der Waals surface area contributed by atoms with Crippen molar-refractivity contribution in [2.45, 2.75) is 32.4 Å². The minimum atomic E-state index is 0.345. The van der Waals surface area contributed by atoms with E-state index >= 15 is 0 Å². The second-order valence-electron chi connectivity index (χ2n) is 8.16. The lowest BCUT2D eigenvalue weighted by Gasteiger charge is -2.27. The van der Waals surface area contributed by atoms with Gasteiger partial charge in [-0.25, -0.2) is 4.98 Å². The average molecular weight is 425 g/mol. The Labute approximate surface area is 189 Å². The van der Waals surface area contributed by atoms with Crippen molar-refractivity contribution < 1.29 is 9.15 Å². The normalized spacial score (nSPS) is 15.2. The van der Waals surface area contributed by atoms with Crippen LogP contribution in [0.2, 0.25) is 0 Å². The van der Waals surface area contributed by atoms with Crippen LogP contribution in [-0.2, 0) is 13.0 Å². The van der Waals surface area contributed by atoms with Crippen LogP contribution in [0.5, 0.6) is 5.75 Å². The third-order valence-corrected chi connectivity index (χ3v) is 6.36. The van der Waals surface area contributed by atoms with Gasteiger partial charge in [-0.1, -0.05) is 79.7 Å². The van der Waals surface area contributed by atoms with Crippen LogP contribution >= 0.6 is 0 Å². The van der Waals surface area contributed by atoms with E-state index in [-0.39, 0.29) is 0 Å². The van der Waals surface area contributed by atoms with Gasteiger partial charge in [0.2, 0.25) is 5.89 Å². The summed E-state index contributed by atoms with van der Waals surface area (Å²) in [4.78, 5) is 7.43. The van der Waals surface area contributed by atoms with Gasteiger partial charge in [0.1, 0.15) is 11.4 Å². The Morgan fingerprint density at radius 3 is 2.34 bits per heavy atom. The maximum absolute atomic E-state index is 6.40. The zero-order valence-electron chi connectivity index (χ0n) is 18.6. The number of hydrogen-bond donors (Lipinski definition) is 0. The number of aromatic nitrogens is 1. The molecule has 0 bridgehead atoms. The van der Waals surface area contributed by atoms with E-state index in [2.05, 4.69) is 54.3 Å². The second-order valence-corrected chi connectivity index (χ2v) is 8.16. The monoisotopic (exact) mass is 424 g/mol. The summed E-state index contributed by atoms with van der Waals surface area (Å²) >= 11 is 0. The Morgan fingerprint density at radius 1 is 0.938 bits per heavy atom. The van der Waals surface area contributed by atoms with Crippen molar-refractivity contribution in [3.63, 3.8) is 0 Å². The molecule has 1 heterocycles. The minimum absolute atomic E-state index is 0.345. The third kappa shape index (κ3) is 3.82. The van der Waals surface area contributed by atoms with Gasteiger partial charge < -0.3 is 9.15 Å². The van der Waals surface area contributed by atoms with Gasteiger partial charge in [-0.15, -0.1) is 0 Å². The highest BCUT2D eigenvalue weighted by atomic mass is 16.5. The predicted molar refractivity (Wildman–Crippen MR) is 128 cm³/mol. The van der Waals surface area contributed by atoms with Crippen molar-refractivity contribution in [2.24, 2.45) is 0 Å². The summed E-state index contributed by atoms with van der Waals surface area (Å²) in [6, 6.07) is 27.3. The van der Waals surface area contributed by atoms with E-state index in [0.717, 1.165) is 53.6 Å². The van der Waals surface area contributed by atoms with Crippen molar-refractivity contribution in [2.75, 3.05) is 13.7 Å². The Morgan fingerprint density at radius 2 is 1.66 bits per heavy atom. The molecule has 4 aromatic rings. The van der Waals surface area contributed by atoms with Crippen molar-refractivity contribution >= 4 is 0 Å². The van der Waals surface area contributed by atoms with Crippen LogP contribution in [0.4, 0.5) is 0 Å². The molecule has 1 aliphatic rings. The van der Waals surface area contributed by atoms with E-state index in [1.54, 1.807) is 7.11 Å². The lowest BCUT2D eigenvalue weighted by Crippen LogP contribution is -2.27. The highest BCUT2D eigenvalue weighted by Gasteiger charge is 2.30. The van der Waals surface area contributed by atoms with Gasteiger partial charge >= 0.3 is 0 Å². The highest BCUT2D eigenvalue weighted by molar-refractivity contribution is 5.76. The Bertz CT molecular complexity index is 1130. The second kappa shape index (κ2) is 9.01. The molecule has 162 valence electrons. The number of methoxy groups -OCH3 is 1. The summed E-state index contributed by atoms with van der Waals surface area (Å²) in [5.41, 5.74) is 5.71. The number of rotatable bonds is 7. The fraction of sp³-hybridized carbons (Fsp3) is 0.250.